The van der Waals surface area contributed by atoms with Crippen LogP contribution in [0.25, 0.3) is 22.3 Å². The molecule has 0 saturated carbocycles. The second-order valence-corrected chi connectivity index (χ2v) is 11.1. The first-order chi connectivity index (χ1) is 22.0. The average Bonchev–Trinajstić information content (AvgIpc) is 3.38. The van der Waals surface area contributed by atoms with Gasteiger partial charge in [-0.2, -0.15) is 5.26 Å². The Kier molecular flexibility index (Phi) is 7.61. The highest BCUT2D eigenvalue weighted by Crippen LogP contribution is 2.31. The van der Waals surface area contributed by atoms with Gasteiger partial charge < -0.3 is 23.5 Å². The van der Waals surface area contributed by atoms with Crippen LogP contribution < -0.4 is 9.47 Å². The third-order valence-electron chi connectivity index (χ3n) is 8.27. The molecule has 4 bridgehead atoms. The lowest BCUT2D eigenvalue weighted by molar-refractivity contribution is -0.0589. The summed E-state index contributed by atoms with van der Waals surface area (Å²) in [5, 5.41) is 9.46. The number of rotatable bonds is 5. The fraction of sp³-hybridized carbons (Fsp3) is 0.257. The van der Waals surface area contributed by atoms with E-state index < -0.39 is 11.8 Å². The molecule has 0 radical (unpaired) electrons. The predicted octanol–water partition coefficient (Wildman–Crippen LogP) is 5.79. The van der Waals surface area contributed by atoms with Crippen molar-refractivity contribution in [1.82, 2.24) is 14.5 Å². The first-order valence-electron chi connectivity index (χ1n) is 14.8. The number of halogens is 1. The van der Waals surface area contributed by atoms with Crippen molar-refractivity contribution in [2.45, 2.75) is 38.5 Å². The van der Waals surface area contributed by atoms with Crippen LogP contribution in [0.3, 0.4) is 0 Å². The molecular formula is C35H29FN4O5. The van der Waals surface area contributed by atoms with Gasteiger partial charge in [-0.05, 0) is 66.1 Å². The molecule has 0 amide bonds. The topological polar surface area (TPSA) is 108 Å². The number of carbonyl (C=O) groups is 1. The molecule has 9 nitrogen and oxygen atoms in total. The zero-order valence-corrected chi connectivity index (χ0v) is 24.6. The van der Waals surface area contributed by atoms with Gasteiger partial charge in [-0.3, -0.25) is 0 Å². The van der Waals surface area contributed by atoms with Crippen molar-refractivity contribution < 1.29 is 28.1 Å². The van der Waals surface area contributed by atoms with E-state index in [4.69, 9.17) is 23.9 Å². The average molecular weight is 605 g/mol. The monoisotopic (exact) mass is 604 g/mol. The molecule has 3 aromatic carbocycles. The fourth-order valence-corrected chi connectivity index (χ4v) is 5.76. The number of hydrogen-bond acceptors (Lipinski definition) is 8. The molecule has 5 aromatic rings. The first-order valence-corrected chi connectivity index (χ1v) is 14.8. The van der Waals surface area contributed by atoms with Crippen LogP contribution in [0.4, 0.5) is 4.39 Å². The van der Waals surface area contributed by atoms with E-state index in [9.17, 15) is 10.1 Å². The van der Waals surface area contributed by atoms with E-state index in [0.29, 0.717) is 66.6 Å². The van der Waals surface area contributed by atoms with E-state index in [0.717, 1.165) is 40.0 Å². The van der Waals surface area contributed by atoms with E-state index in [1.165, 1.54) is 7.11 Å². The number of pyridine rings is 1. The van der Waals surface area contributed by atoms with Crippen molar-refractivity contribution in [3.05, 3.63) is 106 Å². The molecule has 1 fully saturated rings. The predicted molar refractivity (Wildman–Crippen MR) is 163 cm³/mol. The molecule has 4 heterocycles. The molecule has 45 heavy (non-hydrogen) atoms. The Balaban J connectivity index is 1.30. The number of benzene rings is 3. The third-order valence-corrected chi connectivity index (χ3v) is 8.27. The minimum absolute atomic E-state index is 0.0309. The number of esters is 1. The van der Waals surface area contributed by atoms with E-state index in [1.807, 2.05) is 12.1 Å². The summed E-state index contributed by atoms with van der Waals surface area (Å²) in [5.74, 6) is 0.797. The second kappa shape index (κ2) is 12.0. The van der Waals surface area contributed by atoms with Gasteiger partial charge in [0.05, 0.1) is 60.3 Å². The minimum atomic E-state index is -0.429. The number of ether oxygens (including phenoxy) is 4. The van der Waals surface area contributed by atoms with Gasteiger partial charge >= 0.3 is 5.97 Å². The van der Waals surface area contributed by atoms with Gasteiger partial charge in [0.25, 0.3) is 0 Å². The molecule has 2 aliphatic heterocycles. The SMILES string of the molecule is COC(=O)c1ccc2nc(Cc3cc(F)c4cc3CCOc3cc(C#N)ccc3COc3cccc-4n3)n(C[C@@H]3CCO3)c2c1. The maximum Gasteiger partial charge on any atom is 0.337 e. The summed E-state index contributed by atoms with van der Waals surface area (Å²) in [4.78, 5) is 21.8. The molecule has 226 valence electrons. The molecule has 10 heteroatoms. The summed E-state index contributed by atoms with van der Waals surface area (Å²) >= 11 is 0. The van der Waals surface area contributed by atoms with Crippen LogP contribution in [0.15, 0.2) is 66.7 Å². The van der Waals surface area contributed by atoms with Crippen molar-refractivity contribution in [3.63, 3.8) is 0 Å². The highest BCUT2D eigenvalue weighted by atomic mass is 19.1. The number of nitriles is 1. The molecular weight excluding hydrogens is 575 g/mol. The molecule has 2 aliphatic rings. The number of fused-ring (bicyclic) bond motifs is 7. The quantitative estimate of drug-likeness (QED) is 0.232. The number of hydrogen-bond donors (Lipinski definition) is 0. The van der Waals surface area contributed by atoms with E-state index in [2.05, 4.69) is 15.6 Å². The van der Waals surface area contributed by atoms with Gasteiger partial charge in [0, 0.05) is 36.6 Å². The molecule has 1 atom stereocenters. The molecule has 2 aromatic heterocycles. The summed E-state index contributed by atoms with van der Waals surface area (Å²) in [6.07, 6.45) is 1.76. The second-order valence-electron chi connectivity index (χ2n) is 11.1. The Bertz CT molecular complexity index is 1980. The summed E-state index contributed by atoms with van der Waals surface area (Å²) in [7, 11) is 1.35. The largest absolute Gasteiger partial charge is 0.493 e. The Labute approximate surface area is 258 Å². The maximum absolute atomic E-state index is 15.9. The van der Waals surface area contributed by atoms with Crippen molar-refractivity contribution in [3.8, 4) is 29.0 Å². The van der Waals surface area contributed by atoms with Crippen molar-refractivity contribution >= 4 is 17.0 Å². The summed E-state index contributed by atoms with van der Waals surface area (Å²) in [5.41, 5.74) is 5.65. The summed E-state index contributed by atoms with van der Waals surface area (Å²) < 4.78 is 40.8. The molecule has 0 aliphatic carbocycles. The van der Waals surface area contributed by atoms with Crippen molar-refractivity contribution in [2.75, 3.05) is 20.3 Å². The van der Waals surface area contributed by atoms with Crippen LogP contribution in [-0.2, 0) is 35.5 Å². The van der Waals surface area contributed by atoms with E-state index >= 15 is 4.39 Å². The normalized spacial score (nSPS) is 15.6. The Morgan fingerprint density at radius 3 is 2.76 bits per heavy atom. The first kappa shape index (κ1) is 28.5. The Morgan fingerprint density at radius 2 is 1.96 bits per heavy atom. The van der Waals surface area contributed by atoms with Gasteiger partial charge in [0.15, 0.2) is 0 Å². The molecule has 1 saturated heterocycles. The molecule has 0 unspecified atom stereocenters. The van der Waals surface area contributed by atoms with Gasteiger partial charge in [0.1, 0.15) is 24.0 Å². The number of nitrogens with zero attached hydrogens (tertiary/aromatic N) is 4. The van der Waals surface area contributed by atoms with Crippen LogP contribution in [0, 0.1) is 17.1 Å². The number of methoxy groups -OCH3 is 1. The third kappa shape index (κ3) is 5.70. The van der Waals surface area contributed by atoms with Crippen LogP contribution in [0.1, 0.15) is 44.9 Å². The number of aromatic nitrogens is 3. The van der Waals surface area contributed by atoms with Crippen LogP contribution in [-0.4, -0.2) is 46.9 Å². The maximum atomic E-state index is 15.9. The van der Waals surface area contributed by atoms with Crippen LogP contribution in [0.5, 0.6) is 11.6 Å². The van der Waals surface area contributed by atoms with Crippen molar-refractivity contribution in [2.24, 2.45) is 0 Å². The Morgan fingerprint density at radius 1 is 1.07 bits per heavy atom. The number of imidazole rings is 1. The standard InChI is InChI=1S/C35H29FN4O5/c1-42-35(41)23-7-8-30-31(16-23)40(19-26-10-12-43-26)33(38-30)17-25-15-28(36)27-14-22(25)9-11-44-32-13-21(18-37)5-6-24(32)20-45-34-4-2-3-29(27)39-34/h2-8,13-16,26H,9-12,17,19-20H2,1H3/t26-/m0/s1. The van der Waals surface area contributed by atoms with Gasteiger partial charge in [-0.25, -0.2) is 19.2 Å². The van der Waals surface area contributed by atoms with Crippen molar-refractivity contribution in [1.29, 1.82) is 5.26 Å². The Hall–Kier alpha value is -5.27. The summed E-state index contributed by atoms with van der Waals surface area (Å²) in [6.45, 7) is 1.74. The zero-order chi connectivity index (χ0) is 30.9. The fourth-order valence-electron chi connectivity index (χ4n) is 5.76. The molecule has 0 spiro atoms. The minimum Gasteiger partial charge on any atom is -0.493 e. The molecule has 7 rings (SSSR count). The van der Waals surface area contributed by atoms with Gasteiger partial charge in [0.2, 0.25) is 5.88 Å². The van der Waals surface area contributed by atoms with E-state index in [1.54, 1.807) is 54.6 Å². The van der Waals surface area contributed by atoms with Gasteiger partial charge in [-0.1, -0.05) is 12.1 Å². The van der Waals surface area contributed by atoms with Gasteiger partial charge in [-0.15, -0.1) is 0 Å². The molecule has 0 N–H and O–H groups in total. The number of carbonyl (C=O) groups excluding carboxylic acids is 1. The highest BCUT2D eigenvalue weighted by molar-refractivity contribution is 5.93. The van der Waals surface area contributed by atoms with Crippen LogP contribution >= 0.6 is 0 Å². The van der Waals surface area contributed by atoms with Crippen LogP contribution in [0.2, 0.25) is 0 Å². The zero-order valence-electron chi connectivity index (χ0n) is 24.6. The lowest BCUT2D eigenvalue weighted by Gasteiger charge is -2.27. The smallest absolute Gasteiger partial charge is 0.337 e. The lowest BCUT2D eigenvalue weighted by atomic mass is 9.96. The van der Waals surface area contributed by atoms with E-state index in [-0.39, 0.29) is 12.7 Å². The highest BCUT2D eigenvalue weighted by Gasteiger charge is 2.24. The lowest BCUT2D eigenvalue weighted by Crippen LogP contribution is -2.31. The summed E-state index contributed by atoms with van der Waals surface area (Å²) in [6, 6.07) is 21.3.